The lowest BCUT2D eigenvalue weighted by molar-refractivity contribution is -0.130. The van der Waals surface area contributed by atoms with Gasteiger partial charge in [-0.25, -0.2) is 0 Å². The fourth-order valence-corrected chi connectivity index (χ4v) is 3.67. The molecule has 3 rings (SSSR count). The van der Waals surface area contributed by atoms with Crippen molar-refractivity contribution in [3.63, 3.8) is 0 Å². The fourth-order valence-electron chi connectivity index (χ4n) is 3.67. The van der Waals surface area contributed by atoms with E-state index in [2.05, 4.69) is 37.4 Å². The number of nitrogens with one attached hydrogen (secondary N) is 1. The summed E-state index contributed by atoms with van der Waals surface area (Å²) in [6, 6.07) is 6.37. The molecule has 0 aliphatic carbocycles. The van der Waals surface area contributed by atoms with E-state index in [1.54, 1.807) is 0 Å². The number of benzene rings is 1. The highest BCUT2D eigenvalue weighted by Crippen LogP contribution is 2.36. The molecule has 3 heteroatoms. The molecule has 1 aromatic carbocycles. The Hall–Kier alpha value is -1.35. The molecule has 114 valence electrons. The Balaban J connectivity index is 1.65. The standard InChI is InChI=1S/C18H25NO2/c1-13(2)18(8-9-19-12-18)17(20)6-4-14-3-5-16-15(11-14)7-10-21-16/h3,5,11,13,19H,4,6-10,12H2,1-2H3. The smallest absolute Gasteiger partial charge is 0.140 e. The number of carbonyl (C=O) groups excluding carboxylic acids is 1. The molecule has 0 bridgehead atoms. The van der Waals surface area contributed by atoms with Gasteiger partial charge in [0.05, 0.1) is 6.61 Å². The lowest BCUT2D eigenvalue weighted by Gasteiger charge is -2.31. The van der Waals surface area contributed by atoms with Gasteiger partial charge in [0.1, 0.15) is 11.5 Å². The molecule has 2 aliphatic rings. The number of carbonyl (C=O) groups is 1. The van der Waals surface area contributed by atoms with Crippen molar-refractivity contribution in [1.82, 2.24) is 5.32 Å². The Morgan fingerprint density at radius 3 is 3.00 bits per heavy atom. The second kappa shape index (κ2) is 5.80. The first-order chi connectivity index (χ1) is 10.1. The van der Waals surface area contributed by atoms with E-state index in [1.807, 2.05) is 0 Å². The first-order valence-electron chi connectivity index (χ1n) is 8.10. The lowest BCUT2D eigenvalue weighted by Crippen LogP contribution is -2.38. The zero-order valence-electron chi connectivity index (χ0n) is 13.1. The first kappa shape index (κ1) is 14.6. The van der Waals surface area contributed by atoms with Gasteiger partial charge in [-0.05, 0) is 42.5 Å². The van der Waals surface area contributed by atoms with E-state index < -0.39 is 0 Å². The Morgan fingerprint density at radius 1 is 1.43 bits per heavy atom. The van der Waals surface area contributed by atoms with Crippen LogP contribution >= 0.6 is 0 Å². The quantitative estimate of drug-likeness (QED) is 0.905. The van der Waals surface area contributed by atoms with Crippen LogP contribution in [0.2, 0.25) is 0 Å². The topological polar surface area (TPSA) is 38.3 Å². The van der Waals surface area contributed by atoms with Crippen molar-refractivity contribution in [1.29, 1.82) is 0 Å². The number of rotatable bonds is 5. The molecule has 2 heterocycles. The van der Waals surface area contributed by atoms with Crippen molar-refractivity contribution < 1.29 is 9.53 Å². The van der Waals surface area contributed by atoms with Crippen LogP contribution in [0.15, 0.2) is 18.2 Å². The molecule has 21 heavy (non-hydrogen) atoms. The van der Waals surface area contributed by atoms with Crippen LogP contribution in [0, 0.1) is 11.3 Å². The summed E-state index contributed by atoms with van der Waals surface area (Å²) < 4.78 is 5.53. The summed E-state index contributed by atoms with van der Waals surface area (Å²) in [7, 11) is 0. The van der Waals surface area contributed by atoms with Gasteiger partial charge in [-0.15, -0.1) is 0 Å². The molecule has 0 radical (unpaired) electrons. The number of hydrogen-bond donors (Lipinski definition) is 1. The van der Waals surface area contributed by atoms with Crippen molar-refractivity contribution in [2.24, 2.45) is 11.3 Å². The van der Waals surface area contributed by atoms with Gasteiger partial charge in [-0.2, -0.15) is 0 Å². The Labute approximate surface area is 127 Å². The summed E-state index contributed by atoms with van der Waals surface area (Å²) in [6.45, 7) is 6.97. The van der Waals surface area contributed by atoms with Crippen molar-refractivity contribution in [2.75, 3.05) is 19.7 Å². The number of fused-ring (bicyclic) bond motifs is 1. The van der Waals surface area contributed by atoms with Crippen LogP contribution in [-0.2, 0) is 17.6 Å². The van der Waals surface area contributed by atoms with E-state index >= 15 is 0 Å². The molecule has 1 fully saturated rings. The van der Waals surface area contributed by atoms with Crippen molar-refractivity contribution in [2.45, 2.75) is 39.5 Å². The molecule has 3 nitrogen and oxygen atoms in total. The summed E-state index contributed by atoms with van der Waals surface area (Å²) in [5.41, 5.74) is 2.42. The SMILES string of the molecule is CC(C)C1(C(=O)CCc2ccc3c(c2)CCO3)CCNC1. The van der Waals surface area contributed by atoms with Crippen molar-refractivity contribution in [3.05, 3.63) is 29.3 Å². The number of hydrogen-bond acceptors (Lipinski definition) is 3. The van der Waals surface area contributed by atoms with Gasteiger partial charge in [-0.1, -0.05) is 26.0 Å². The molecular formula is C18H25NO2. The third-order valence-corrected chi connectivity index (χ3v) is 5.24. The van der Waals surface area contributed by atoms with Crippen LogP contribution in [0.4, 0.5) is 0 Å². The van der Waals surface area contributed by atoms with Crippen LogP contribution in [0.3, 0.4) is 0 Å². The van der Waals surface area contributed by atoms with E-state index in [9.17, 15) is 4.79 Å². The summed E-state index contributed by atoms with van der Waals surface area (Å²) in [6.07, 6.45) is 3.48. The van der Waals surface area contributed by atoms with Crippen LogP contribution in [0.25, 0.3) is 0 Å². The summed E-state index contributed by atoms with van der Waals surface area (Å²) in [4.78, 5) is 12.8. The number of ether oxygens (including phenoxy) is 1. The lowest BCUT2D eigenvalue weighted by atomic mass is 9.71. The van der Waals surface area contributed by atoms with Gasteiger partial charge in [0, 0.05) is 24.8 Å². The van der Waals surface area contributed by atoms with E-state index in [-0.39, 0.29) is 5.41 Å². The van der Waals surface area contributed by atoms with Gasteiger partial charge in [-0.3, -0.25) is 4.79 Å². The molecule has 1 aromatic rings. The normalized spacial score (nSPS) is 24.1. The maximum Gasteiger partial charge on any atom is 0.140 e. The molecule has 1 N–H and O–H groups in total. The van der Waals surface area contributed by atoms with Crippen LogP contribution in [0.1, 0.15) is 37.8 Å². The largest absolute Gasteiger partial charge is 0.493 e. The zero-order valence-corrected chi connectivity index (χ0v) is 13.1. The van der Waals surface area contributed by atoms with Crippen LogP contribution < -0.4 is 10.1 Å². The Bertz CT molecular complexity index is 530. The zero-order chi connectivity index (χ0) is 14.9. The highest BCUT2D eigenvalue weighted by Gasteiger charge is 2.42. The Kier molecular flexibility index (Phi) is 4.03. The predicted molar refractivity (Wildman–Crippen MR) is 83.7 cm³/mol. The second-order valence-corrected chi connectivity index (χ2v) is 6.70. The number of Topliss-reactive ketones (excluding diaryl/α,β-unsaturated/α-hetero) is 1. The molecule has 1 atom stereocenters. The average molecular weight is 287 g/mol. The minimum Gasteiger partial charge on any atom is -0.493 e. The van der Waals surface area contributed by atoms with Crippen molar-refractivity contribution >= 4 is 5.78 Å². The van der Waals surface area contributed by atoms with Gasteiger partial charge in [0.15, 0.2) is 0 Å². The minimum atomic E-state index is -0.139. The van der Waals surface area contributed by atoms with Gasteiger partial charge < -0.3 is 10.1 Å². The van der Waals surface area contributed by atoms with E-state index in [0.717, 1.165) is 44.7 Å². The summed E-state index contributed by atoms with van der Waals surface area (Å²) in [5, 5.41) is 3.37. The molecule has 0 spiro atoms. The monoisotopic (exact) mass is 287 g/mol. The summed E-state index contributed by atoms with van der Waals surface area (Å²) in [5.74, 6) is 1.86. The minimum absolute atomic E-state index is 0.139. The highest BCUT2D eigenvalue weighted by molar-refractivity contribution is 5.86. The third-order valence-electron chi connectivity index (χ3n) is 5.24. The van der Waals surface area contributed by atoms with Crippen molar-refractivity contribution in [3.8, 4) is 5.75 Å². The maximum atomic E-state index is 12.8. The number of aryl methyl sites for hydroxylation is 1. The molecular weight excluding hydrogens is 262 g/mol. The highest BCUT2D eigenvalue weighted by atomic mass is 16.5. The first-order valence-corrected chi connectivity index (χ1v) is 8.10. The van der Waals surface area contributed by atoms with Gasteiger partial charge in [0.25, 0.3) is 0 Å². The molecule has 0 saturated carbocycles. The molecule has 1 unspecified atom stereocenters. The molecule has 0 amide bonds. The third kappa shape index (κ3) is 2.71. The second-order valence-electron chi connectivity index (χ2n) is 6.70. The van der Waals surface area contributed by atoms with E-state index in [1.165, 1.54) is 11.1 Å². The maximum absolute atomic E-state index is 12.8. The Morgan fingerprint density at radius 2 is 2.29 bits per heavy atom. The van der Waals surface area contributed by atoms with Crippen LogP contribution in [0.5, 0.6) is 5.75 Å². The molecule has 2 aliphatic heterocycles. The number of ketones is 1. The van der Waals surface area contributed by atoms with Crippen LogP contribution in [-0.4, -0.2) is 25.5 Å². The van der Waals surface area contributed by atoms with E-state index in [4.69, 9.17) is 4.74 Å². The summed E-state index contributed by atoms with van der Waals surface area (Å²) >= 11 is 0. The predicted octanol–water partition coefficient (Wildman–Crippen LogP) is 2.76. The van der Waals surface area contributed by atoms with E-state index in [0.29, 0.717) is 18.1 Å². The van der Waals surface area contributed by atoms with Gasteiger partial charge in [0.2, 0.25) is 0 Å². The molecule has 0 aromatic heterocycles. The fraction of sp³-hybridized carbons (Fsp3) is 0.611. The average Bonchev–Trinajstić information content (AvgIpc) is 3.13. The van der Waals surface area contributed by atoms with Gasteiger partial charge >= 0.3 is 0 Å². The molecule has 1 saturated heterocycles.